The van der Waals surface area contributed by atoms with Crippen molar-refractivity contribution in [2.75, 3.05) is 38.6 Å². The summed E-state index contributed by atoms with van der Waals surface area (Å²) in [6.07, 6.45) is 4.23. The molecule has 3 aliphatic rings. The molecule has 0 unspecified atom stereocenters. The quantitative estimate of drug-likeness (QED) is 0.600. The number of carbonyl (C=O) groups excluding carboxylic acids is 1. The lowest BCUT2D eigenvalue weighted by Gasteiger charge is -2.33. The topological polar surface area (TPSA) is 115 Å². The summed E-state index contributed by atoms with van der Waals surface area (Å²) in [5.41, 5.74) is 8.67. The van der Waals surface area contributed by atoms with Gasteiger partial charge in [0.05, 0.1) is 18.9 Å². The highest BCUT2D eigenvalue weighted by atomic mass is 35.5. The second-order valence-electron chi connectivity index (χ2n) is 10.6. The molecule has 1 saturated heterocycles. The lowest BCUT2D eigenvalue weighted by atomic mass is 9.78. The van der Waals surface area contributed by atoms with Gasteiger partial charge in [0.1, 0.15) is 11.4 Å². The molecule has 9 nitrogen and oxygen atoms in total. The summed E-state index contributed by atoms with van der Waals surface area (Å²) in [6, 6.07) is 6.18. The first-order valence-electron chi connectivity index (χ1n) is 13.0. The Morgan fingerprint density at radius 1 is 1.19 bits per heavy atom. The van der Waals surface area contributed by atoms with Crippen LogP contribution in [-0.2, 0) is 4.74 Å². The Morgan fingerprint density at radius 2 is 1.92 bits per heavy atom. The van der Waals surface area contributed by atoms with Gasteiger partial charge < -0.3 is 25.4 Å². The Bertz CT molecular complexity index is 1200. The van der Waals surface area contributed by atoms with Crippen molar-refractivity contribution in [3.8, 4) is 5.88 Å². The summed E-state index contributed by atoms with van der Waals surface area (Å²) in [6.45, 7) is 8.98. The first-order chi connectivity index (χ1) is 17.7. The van der Waals surface area contributed by atoms with Gasteiger partial charge in [-0.2, -0.15) is 4.98 Å². The smallest absolute Gasteiger partial charge is 0.317 e. The van der Waals surface area contributed by atoms with Crippen molar-refractivity contribution in [3.05, 3.63) is 40.2 Å². The minimum atomic E-state index is -0.700. The third kappa shape index (κ3) is 5.52. The van der Waals surface area contributed by atoms with Gasteiger partial charge in [0.25, 0.3) is 0 Å². The van der Waals surface area contributed by atoms with E-state index in [-0.39, 0.29) is 6.03 Å². The van der Waals surface area contributed by atoms with E-state index in [9.17, 15) is 4.79 Å². The molecule has 1 aromatic heterocycles. The van der Waals surface area contributed by atoms with Crippen molar-refractivity contribution in [1.82, 2.24) is 20.2 Å². The number of anilines is 1. The summed E-state index contributed by atoms with van der Waals surface area (Å²) >= 11 is 6.83. The predicted molar refractivity (Wildman–Crippen MR) is 144 cm³/mol. The Balaban J connectivity index is 1.24. The van der Waals surface area contributed by atoms with Crippen LogP contribution in [0.4, 0.5) is 16.3 Å². The van der Waals surface area contributed by atoms with Crippen molar-refractivity contribution in [3.63, 3.8) is 0 Å². The van der Waals surface area contributed by atoms with Gasteiger partial charge in [-0.3, -0.25) is 0 Å². The van der Waals surface area contributed by atoms with E-state index in [1.54, 1.807) is 6.92 Å². The number of hydrogen-bond donors (Lipinski definition) is 2. The van der Waals surface area contributed by atoms with E-state index in [1.807, 2.05) is 24.8 Å². The number of halogens is 1. The number of rotatable bonds is 4. The molecule has 3 heterocycles. The van der Waals surface area contributed by atoms with E-state index in [0.717, 1.165) is 54.1 Å². The Morgan fingerprint density at radius 3 is 2.62 bits per heavy atom. The Labute approximate surface area is 222 Å². The number of benzene rings is 1. The summed E-state index contributed by atoms with van der Waals surface area (Å²) in [7, 11) is 0. The van der Waals surface area contributed by atoms with E-state index in [1.165, 1.54) is 0 Å². The third-order valence-corrected chi connectivity index (χ3v) is 7.86. The minimum absolute atomic E-state index is 0.0210. The van der Waals surface area contributed by atoms with E-state index in [4.69, 9.17) is 31.8 Å². The van der Waals surface area contributed by atoms with Crippen LogP contribution >= 0.6 is 11.6 Å². The maximum absolute atomic E-state index is 12.4. The summed E-state index contributed by atoms with van der Waals surface area (Å²) in [5, 5.41) is 3.85. The lowest BCUT2D eigenvalue weighted by molar-refractivity contribution is 0.0528. The number of aliphatic imine (C=N–C) groups is 1. The fourth-order valence-electron chi connectivity index (χ4n) is 5.48. The van der Waals surface area contributed by atoms with Crippen molar-refractivity contribution in [2.45, 2.75) is 58.0 Å². The molecule has 2 fully saturated rings. The molecule has 2 aliphatic heterocycles. The molecule has 0 atom stereocenters. The molecule has 5 rings (SSSR count). The molecular weight excluding hydrogens is 492 g/mol. The predicted octanol–water partition coefficient (Wildman–Crippen LogP) is 4.63. The highest BCUT2D eigenvalue weighted by molar-refractivity contribution is 6.32. The maximum Gasteiger partial charge on any atom is 0.317 e. The average Bonchev–Trinajstić information content (AvgIpc) is 2.87. The maximum atomic E-state index is 12.4. The standard InChI is InChI=1S/C27H35ClN6O3/c1-16-31-24(29)22-25(32-16)37-27(2,3)23(33-22)19-8-9-20(21(28)14-19)18-6-4-17(5-7-18)15-30-26(35)34-10-12-36-13-11-34/h8-9,14,17-18H,4-7,10-13,15H2,1-3H3,(H,30,35)(H2,29,31,32)/t17-,18-. The van der Waals surface area contributed by atoms with E-state index in [0.29, 0.717) is 61.3 Å². The molecule has 2 amide bonds. The lowest BCUT2D eigenvalue weighted by Crippen LogP contribution is -2.47. The largest absolute Gasteiger partial charge is 0.463 e. The first-order valence-corrected chi connectivity index (χ1v) is 13.4. The van der Waals surface area contributed by atoms with E-state index < -0.39 is 5.60 Å². The molecule has 2 aromatic rings. The van der Waals surface area contributed by atoms with Crippen molar-refractivity contribution < 1.29 is 14.3 Å². The molecule has 3 N–H and O–H groups in total. The zero-order chi connectivity index (χ0) is 26.2. The van der Waals surface area contributed by atoms with Crippen LogP contribution in [0.15, 0.2) is 23.2 Å². The molecular formula is C27H35ClN6O3. The highest BCUT2D eigenvalue weighted by Gasteiger charge is 2.36. The van der Waals surface area contributed by atoms with Crippen LogP contribution in [0.3, 0.4) is 0 Å². The molecule has 0 bridgehead atoms. The molecule has 1 aromatic carbocycles. The number of nitrogen functional groups attached to an aromatic ring is 1. The van der Waals surface area contributed by atoms with Crippen molar-refractivity contribution >= 4 is 34.8 Å². The number of carbonyl (C=O) groups is 1. The third-order valence-electron chi connectivity index (χ3n) is 7.54. The zero-order valence-corrected chi connectivity index (χ0v) is 22.5. The second-order valence-corrected chi connectivity index (χ2v) is 11.0. The van der Waals surface area contributed by atoms with Crippen LogP contribution in [0.2, 0.25) is 5.02 Å². The van der Waals surface area contributed by atoms with E-state index >= 15 is 0 Å². The van der Waals surface area contributed by atoms with Gasteiger partial charge in [-0.25, -0.2) is 14.8 Å². The summed E-state index contributed by atoms with van der Waals surface area (Å²) < 4.78 is 11.5. The number of hydrogen-bond acceptors (Lipinski definition) is 7. The monoisotopic (exact) mass is 526 g/mol. The minimum Gasteiger partial charge on any atom is -0.463 e. The van der Waals surface area contributed by atoms with Gasteiger partial charge >= 0.3 is 6.03 Å². The van der Waals surface area contributed by atoms with Crippen LogP contribution < -0.4 is 15.8 Å². The zero-order valence-electron chi connectivity index (χ0n) is 21.7. The molecule has 10 heteroatoms. The van der Waals surface area contributed by atoms with Gasteiger partial charge in [0, 0.05) is 30.2 Å². The number of nitrogens with zero attached hydrogens (tertiary/aromatic N) is 4. The highest BCUT2D eigenvalue weighted by Crippen LogP contribution is 2.42. The first kappa shape index (κ1) is 25.7. The molecule has 1 aliphatic carbocycles. The molecule has 37 heavy (non-hydrogen) atoms. The normalized spacial score (nSPS) is 23.0. The Kier molecular flexibility index (Phi) is 7.27. The number of urea groups is 1. The number of amides is 2. The summed E-state index contributed by atoms with van der Waals surface area (Å²) in [5.74, 6) is 2.14. The number of nitrogens with one attached hydrogen (secondary N) is 1. The van der Waals surface area contributed by atoms with Crippen LogP contribution in [0.1, 0.15) is 62.4 Å². The molecule has 0 spiro atoms. The Hall–Kier alpha value is -2.91. The van der Waals surface area contributed by atoms with Crippen LogP contribution in [0.5, 0.6) is 5.88 Å². The number of ether oxygens (including phenoxy) is 2. The fraction of sp³-hybridized carbons (Fsp3) is 0.556. The van der Waals surface area contributed by atoms with Gasteiger partial charge in [-0.15, -0.1) is 0 Å². The van der Waals surface area contributed by atoms with Gasteiger partial charge in [-0.1, -0.05) is 23.7 Å². The van der Waals surface area contributed by atoms with Crippen molar-refractivity contribution in [2.24, 2.45) is 10.9 Å². The van der Waals surface area contributed by atoms with Crippen molar-refractivity contribution in [1.29, 1.82) is 0 Å². The van der Waals surface area contributed by atoms with Crippen LogP contribution in [0, 0.1) is 12.8 Å². The van der Waals surface area contributed by atoms with Gasteiger partial charge in [-0.05, 0) is 69.9 Å². The average molecular weight is 527 g/mol. The summed E-state index contributed by atoms with van der Waals surface area (Å²) in [4.78, 5) is 27.6. The number of aromatic nitrogens is 2. The van der Waals surface area contributed by atoms with Crippen LogP contribution in [0.25, 0.3) is 0 Å². The molecule has 1 saturated carbocycles. The SMILES string of the molecule is Cc1nc(N)c2c(n1)OC(C)(C)C(c1ccc([C@H]3CC[C@H](CNC(=O)N4CCOCC4)CC3)c(Cl)c1)=N2. The number of fused-ring (bicyclic) bond motifs is 1. The molecule has 198 valence electrons. The second kappa shape index (κ2) is 10.5. The van der Waals surface area contributed by atoms with Crippen LogP contribution in [-0.4, -0.2) is 65.1 Å². The van der Waals surface area contributed by atoms with Gasteiger partial charge in [0.2, 0.25) is 5.88 Å². The number of aryl methyl sites for hydroxylation is 1. The fourth-order valence-corrected chi connectivity index (χ4v) is 5.81. The molecule has 0 radical (unpaired) electrons. The number of nitrogens with two attached hydrogens (primary N) is 1. The van der Waals surface area contributed by atoms with Gasteiger partial charge in [0.15, 0.2) is 11.5 Å². The van der Waals surface area contributed by atoms with E-state index in [2.05, 4.69) is 27.4 Å². The number of morpholine rings is 1.